The smallest absolute Gasteiger partial charge is 0.280 e. The largest absolute Gasteiger partial charge is 0.454 e. The molecule has 0 saturated carbocycles. The highest BCUT2D eigenvalue weighted by atomic mass is 16.7. The van der Waals surface area contributed by atoms with Gasteiger partial charge in [0.1, 0.15) is 5.82 Å². The maximum Gasteiger partial charge on any atom is 0.280 e. The molecule has 92 valence electrons. The van der Waals surface area contributed by atoms with Crippen molar-refractivity contribution in [3.63, 3.8) is 0 Å². The van der Waals surface area contributed by atoms with Crippen LogP contribution in [0.1, 0.15) is 16.2 Å². The van der Waals surface area contributed by atoms with Crippen LogP contribution in [0.25, 0.3) is 0 Å². The quantitative estimate of drug-likeness (QED) is 0.791. The molecule has 0 bridgehead atoms. The SMILES string of the molecule is Cc1nc(N)nn1C(=O)c1ccc2c(c1)OCO2. The van der Waals surface area contributed by atoms with Gasteiger partial charge in [-0.15, -0.1) is 5.10 Å². The number of aromatic nitrogens is 3. The van der Waals surface area contributed by atoms with E-state index in [9.17, 15) is 4.79 Å². The van der Waals surface area contributed by atoms with Gasteiger partial charge in [-0.25, -0.2) is 0 Å². The molecule has 0 aliphatic carbocycles. The first-order valence-electron chi connectivity index (χ1n) is 5.28. The minimum absolute atomic E-state index is 0.0709. The average Bonchev–Trinajstić information content (AvgIpc) is 2.93. The van der Waals surface area contributed by atoms with E-state index in [1.54, 1.807) is 25.1 Å². The second-order valence-corrected chi connectivity index (χ2v) is 3.80. The first kappa shape index (κ1) is 10.6. The number of rotatable bonds is 1. The molecule has 2 N–H and O–H groups in total. The number of hydrogen-bond donors (Lipinski definition) is 1. The van der Waals surface area contributed by atoms with Crippen LogP contribution >= 0.6 is 0 Å². The molecule has 0 fully saturated rings. The molecule has 2 heterocycles. The van der Waals surface area contributed by atoms with Gasteiger partial charge in [-0.3, -0.25) is 4.79 Å². The van der Waals surface area contributed by atoms with E-state index in [-0.39, 0.29) is 18.6 Å². The number of ether oxygens (including phenoxy) is 2. The monoisotopic (exact) mass is 246 g/mol. The summed E-state index contributed by atoms with van der Waals surface area (Å²) in [4.78, 5) is 16.1. The molecule has 7 heteroatoms. The lowest BCUT2D eigenvalue weighted by Gasteiger charge is -2.03. The molecule has 0 amide bonds. The minimum Gasteiger partial charge on any atom is -0.454 e. The predicted molar refractivity (Wildman–Crippen MR) is 61.5 cm³/mol. The molecular formula is C11H10N4O3. The minimum atomic E-state index is -0.310. The van der Waals surface area contributed by atoms with Crippen molar-refractivity contribution >= 4 is 11.9 Å². The third-order valence-electron chi connectivity index (χ3n) is 2.60. The highest BCUT2D eigenvalue weighted by molar-refractivity contribution is 5.96. The van der Waals surface area contributed by atoms with Crippen molar-refractivity contribution in [3.05, 3.63) is 29.6 Å². The van der Waals surface area contributed by atoms with Gasteiger partial charge < -0.3 is 15.2 Å². The molecule has 18 heavy (non-hydrogen) atoms. The van der Waals surface area contributed by atoms with E-state index in [1.807, 2.05) is 0 Å². The summed E-state index contributed by atoms with van der Waals surface area (Å²) in [7, 11) is 0. The second-order valence-electron chi connectivity index (χ2n) is 3.80. The Balaban J connectivity index is 2.00. The maximum absolute atomic E-state index is 12.2. The van der Waals surface area contributed by atoms with Crippen LogP contribution in [0.3, 0.4) is 0 Å². The summed E-state index contributed by atoms with van der Waals surface area (Å²) in [5.74, 6) is 1.37. The van der Waals surface area contributed by atoms with E-state index >= 15 is 0 Å². The summed E-state index contributed by atoms with van der Waals surface area (Å²) in [6.45, 7) is 1.83. The van der Waals surface area contributed by atoms with Crippen LogP contribution in [-0.2, 0) is 0 Å². The number of anilines is 1. The van der Waals surface area contributed by atoms with Crippen molar-refractivity contribution in [2.24, 2.45) is 0 Å². The van der Waals surface area contributed by atoms with E-state index in [0.717, 1.165) is 4.68 Å². The Hall–Kier alpha value is -2.57. The van der Waals surface area contributed by atoms with Crippen LogP contribution < -0.4 is 15.2 Å². The Labute approximate surface area is 102 Å². The molecule has 1 aromatic heterocycles. The summed E-state index contributed by atoms with van der Waals surface area (Å²) < 4.78 is 11.6. The molecule has 0 atom stereocenters. The van der Waals surface area contributed by atoms with Crippen LogP contribution in [-0.4, -0.2) is 27.5 Å². The number of aryl methyl sites for hydroxylation is 1. The summed E-state index contributed by atoms with van der Waals surface area (Å²) in [5, 5.41) is 3.84. The van der Waals surface area contributed by atoms with E-state index < -0.39 is 0 Å². The van der Waals surface area contributed by atoms with E-state index in [4.69, 9.17) is 15.2 Å². The number of carbonyl (C=O) groups is 1. The number of nitrogen functional groups attached to an aromatic ring is 1. The molecule has 1 aromatic carbocycles. The average molecular weight is 246 g/mol. The Bertz CT molecular complexity index is 635. The molecule has 1 aliphatic heterocycles. The topological polar surface area (TPSA) is 92.3 Å². The molecule has 0 saturated heterocycles. The Morgan fingerprint density at radius 1 is 1.39 bits per heavy atom. The predicted octanol–water partition coefficient (Wildman–Crippen LogP) is 0.586. The summed E-state index contributed by atoms with van der Waals surface area (Å²) in [6, 6.07) is 4.94. The van der Waals surface area contributed by atoms with Gasteiger partial charge in [0.05, 0.1) is 0 Å². The molecule has 3 rings (SSSR count). The fourth-order valence-corrected chi connectivity index (χ4v) is 1.75. The zero-order valence-electron chi connectivity index (χ0n) is 9.58. The van der Waals surface area contributed by atoms with Gasteiger partial charge in [0.15, 0.2) is 11.5 Å². The Morgan fingerprint density at radius 3 is 2.89 bits per heavy atom. The van der Waals surface area contributed by atoms with Crippen LogP contribution in [0.2, 0.25) is 0 Å². The molecule has 0 radical (unpaired) electrons. The number of fused-ring (bicyclic) bond motifs is 1. The lowest BCUT2D eigenvalue weighted by molar-refractivity contribution is 0.0942. The van der Waals surface area contributed by atoms with Crippen molar-refractivity contribution in [2.45, 2.75) is 6.92 Å². The van der Waals surface area contributed by atoms with Crippen molar-refractivity contribution in [1.29, 1.82) is 0 Å². The maximum atomic E-state index is 12.2. The van der Waals surface area contributed by atoms with E-state index in [2.05, 4.69) is 10.1 Å². The first-order chi connectivity index (χ1) is 8.65. The van der Waals surface area contributed by atoms with Gasteiger partial charge >= 0.3 is 0 Å². The fraction of sp³-hybridized carbons (Fsp3) is 0.182. The van der Waals surface area contributed by atoms with Gasteiger partial charge in [-0.2, -0.15) is 9.67 Å². The molecule has 7 nitrogen and oxygen atoms in total. The number of carbonyl (C=O) groups excluding carboxylic acids is 1. The highest BCUT2D eigenvalue weighted by Gasteiger charge is 2.19. The highest BCUT2D eigenvalue weighted by Crippen LogP contribution is 2.32. The van der Waals surface area contributed by atoms with Gasteiger partial charge in [0, 0.05) is 5.56 Å². The molecule has 0 spiro atoms. The van der Waals surface area contributed by atoms with Gasteiger partial charge in [0.2, 0.25) is 12.7 Å². The number of nitrogens with two attached hydrogens (primary N) is 1. The zero-order valence-corrected chi connectivity index (χ0v) is 9.58. The molecule has 2 aromatic rings. The van der Waals surface area contributed by atoms with Crippen LogP contribution in [0.15, 0.2) is 18.2 Å². The molecule has 1 aliphatic rings. The molecule has 0 unspecified atom stereocenters. The normalized spacial score (nSPS) is 12.7. The lowest BCUT2D eigenvalue weighted by Crippen LogP contribution is -2.15. The number of hydrogen-bond acceptors (Lipinski definition) is 6. The Kier molecular flexibility index (Phi) is 2.19. The second kappa shape index (κ2) is 3.73. The van der Waals surface area contributed by atoms with Crippen molar-refractivity contribution in [1.82, 2.24) is 14.8 Å². The number of nitrogens with zero attached hydrogens (tertiary/aromatic N) is 3. The molecular weight excluding hydrogens is 236 g/mol. The van der Waals surface area contributed by atoms with Crippen molar-refractivity contribution in [3.8, 4) is 11.5 Å². The van der Waals surface area contributed by atoms with Crippen molar-refractivity contribution < 1.29 is 14.3 Å². The van der Waals surface area contributed by atoms with Gasteiger partial charge in [-0.05, 0) is 25.1 Å². The summed E-state index contributed by atoms with van der Waals surface area (Å²) in [6.07, 6.45) is 0. The third kappa shape index (κ3) is 1.56. The lowest BCUT2D eigenvalue weighted by atomic mass is 10.2. The summed E-state index contributed by atoms with van der Waals surface area (Å²) >= 11 is 0. The summed E-state index contributed by atoms with van der Waals surface area (Å²) in [5.41, 5.74) is 5.88. The van der Waals surface area contributed by atoms with Crippen LogP contribution in [0.4, 0.5) is 5.95 Å². The Morgan fingerprint density at radius 2 is 2.17 bits per heavy atom. The zero-order chi connectivity index (χ0) is 12.7. The standard InChI is InChI=1S/C11H10N4O3/c1-6-13-11(12)14-15(6)10(16)7-2-3-8-9(4-7)18-5-17-8/h2-4H,5H2,1H3,(H2,12,14). The van der Waals surface area contributed by atoms with E-state index in [1.165, 1.54) is 0 Å². The third-order valence-corrected chi connectivity index (χ3v) is 2.60. The van der Waals surface area contributed by atoms with Crippen molar-refractivity contribution in [2.75, 3.05) is 12.5 Å². The van der Waals surface area contributed by atoms with Crippen LogP contribution in [0, 0.1) is 6.92 Å². The van der Waals surface area contributed by atoms with Crippen LogP contribution in [0.5, 0.6) is 11.5 Å². The van der Waals surface area contributed by atoms with Gasteiger partial charge in [0.25, 0.3) is 5.91 Å². The fourth-order valence-electron chi connectivity index (χ4n) is 1.75. The van der Waals surface area contributed by atoms with E-state index in [0.29, 0.717) is 22.9 Å². The first-order valence-corrected chi connectivity index (χ1v) is 5.28. The number of benzene rings is 1. The van der Waals surface area contributed by atoms with Gasteiger partial charge in [-0.1, -0.05) is 0 Å².